The average Bonchev–Trinajstić information content (AvgIpc) is 3.11. The fourth-order valence-corrected chi connectivity index (χ4v) is 6.27. The Labute approximate surface area is 308 Å². The van der Waals surface area contributed by atoms with Crippen molar-refractivity contribution in [3.8, 4) is 0 Å². The first-order chi connectivity index (χ1) is 24.7. The maximum atomic E-state index is 13.2. The van der Waals surface area contributed by atoms with Crippen LogP contribution in [0.1, 0.15) is 80.2 Å². The number of carbonyl (C=O) groups is 4. The molecule has 18 nitrogen and oxygen atoms in total. The molecule has 3 amide bonds. The third-order valence-electron chi connectivity index (χ3n) is 8.79. The number of aliphatic imine (C=N–C) groups is 1. The Hall–Kier alpha value is -5.62. The van der Waals surface area contributed by atoms with Gasteiger partial charge in [0.25, 0.3) is 17.7 Å². The van der Waals surface area contributed by atoms with Crippen molar-refractivity contribution in [2.24, 2.45) is 16.6 Å². The minimum atomic E-state index is -0.737. The number of Topliss-reactive ketones (excluding diaryl/α,β-unsaturated/α-hetero) is 1. The second-order valence-corrected chi connectivity index (χ2v) is 13.2. The Morgan fingerprint density at radius 1 is 0.750 bits per heavy atom. The normalized spacial score (nSPS) is 15.7. The van der Waals surface area contributed by atoms with E-state index in [1.807, 2.05) is 0 Å². The maximum Gasteiger partial charge on any atom is 0.280 e. The number of aromatic nitrogens is 4. The summed E-state index contributed by atoms with van der Waals surface area (Å²) in [7, 11) is 0. The Kier molecular flexibility index (Phi) is 11.7. The molecule has 0 radical (unpaired) electrons. The summed E-state index contributed by atoms with van der Waals surface area (Å²) < 4.78 is 0. The van der Waals surface area contributed by atoms with E-state index in [9.17, 15) is 19.2 Å². The number of piperidine rings is 2. The molecule has 3 aromatic rings. The van der Waals surface area contributed by atoms with Gasteiger partial charge in [-0.3, -0.25) is 24.5 Å². The molecule has 2 aliphatic heterocycles. The highest BCUT2D eigenvalue weighted by Gasteiger charge is 2.28. The van der Waals surface area contributed by atoms with Crippen LogP contribution >= 0.6 is 23.2 Å². The van der Waals surface area contributed by atoms with E-state index in [2.05, 4.69) is 30.2 Å². The first-order valence-corrected chi connectivity index (χ1v) is 17.0. The summed E-state index contributed by atoms with van der Waals surface area (Å²) in [6.45, 7) is 1.83. The quantitative estimate of drug-likeness (QED) is 0.0932. The molecule has 2 aliphatic rings. The molecule has 0 unspecified atom stereocenters. The molecule has 0 spiro atoms. The molecule has 1 aromatic carbocycles. The highest BCUT2D eigenvalue weighted by molar-refractivity contribution is 6.32. The zero-order valence-electron chi connectivity index (χ0n) is 27.9. The molecular formula is C32H38Cl2N14O4. The maximum absolute atomic E-state index is 13.2. The van der Waals surface area contributed by atoms with E-state index in [1.54, 1.807) is 34.1 Å². The SMILES string of the molecule is N=C(CC(=O)c1nc(Cl)c(N)nc1N)CC1CCN(C(=O)c2ccc(C(=O)N3CCC(N=C(N)NC(=O)c4nc(Cl)c(N)nc4N)CC3)cc2)CC1. The number of nitrogen functional groups attached to an aromatic ring is 4. The van der Waals surface area contributed by atoms with Crippen LogP contribution < -0.4 is 34.0 Å². The summed E-state index contributed by atoms with van der Waals surface area (Å²) in [5.74, 6) is -2.03. The van der Waals surface area contributed by atoms with Crippen LogP contribution in [0, 0.1) is 11.3 Å². The van der Waals surface area contributed by atoms with E-state index in [4.69, 9.17) is 57.3 Å². The van der Waals surface area contributed by atoms with Crippen LogP contribution in [-0.4, -0.2) is 97.1 Å². The van der Waals surface area contributed by atoms with Crippen molar-refractivity contribution in [3.05, 3.63) is 57.1 Å². The first kappa shape index (κ1) is 37.6. The largest absolute Gasteiger partial charge is 0.382 e. The molecular weight excluding hydrogens is 715 g/mol. The zero-order valence-corrected chi connectivity index (χ0v) is 29.5. The van der Waals surface area contributed by atoms with Gasteiger partial charge in [-0.05, 0) is 62.3 Å². The van der Waals surface area contributed by atoms with Crippen LogP contribution in [0.2, 0.25) is 10.3 Å². The number of nitrogens with zero attached hydrogens (tertiary/aromatic N) is 7. The third kappa shape index (κ3) is 8.99. The van der Waals surface area contributed by atoms with E-state index < -0.39 is 11.7 Å². The van der Waals surface area contributed by atoms with E-state index >= 15 is 0 Å². The predicted molar refractivity (Wildman–Crippen MR) is 196 cm³/mol. The van der Waals surface area contributed by atoms with Crippen LogP contribution in [0.3, 0.4) is 0 Å². The van der Waals surface area contributed by atoms with Crippen LogP contribution in [0.4, 0.5) is 23.3 Å². The predicted octanol–water partition coefficient (Wildman–Crippen LogP) is 1.79. The summed E-state index contributed by atoms with van der Waals surface area (Å²) in [4.78, 5) is 74.8. The zero-order chi connectivity index (χ0) is 37.7. The molecule has 4 heterocycles. The molecule has 0 atom stereocenters. The van der Waals surface area contributed by atoms with Gasteiger partial charge in [0.05, 0.1) is 12.5 Å². The number of nitrogens with one attached hydrogen (secondary N) is 2. The second kappa shape index (κ2) is 16.2. The molecule has 274 valence electrons. The standard InChI is InChI=1S/C32H38Cl2N14O4/c33-23-27(38)44-25(36)21(42-23)20(49)14-18(35)13-15-5-9-47(10-6-15)30(51)16-1-3-17(4-2-16)31(52)48-11-7-19(8-12-48)41-32(40)46-29(50)22-26(37)45-28(39)24(34)43-22/h1-4,15,19,35H,5-14H2,(H4,36,38,44)(H4,37,39,45)(H3,40,41,46,50). The minimum absolute atomic E-state index is 0.0730. The molecule has 2 fully saturated rings. The summed E-state index contributed by atoms with van der Waals surface area (Å²) in [5, 5.41) is 10.5. The van der Waals surface area contributed by atoms with Crippen molar-refractivity contribution in [2.75, 3.05) is 49.1 Å². The average molecular weight is 754 g/mol. The Morgan fingerprint density at radius 2 is 1.21 bits per heavy atom. The Bertz CT molecular complexity index is 1920. The number of ketones is 1. The Balaban J connectivity index is 1.05. The lowest BCUT2D eigenvalue weighted by Gasteiger charge is -2.32. The van der Waals surface area contributed by atoms with Crippen molar-refractivity contribution in [2.45, 2.75) is 44.6 Å². The number of guanidine groups is 1. The first-order valence-electron chi connectivity index (χ1n) is 16.3. The fourth-order valence-electron chi connectivity index (χ4n) is 6.02. The van der Waals surface area contributed by atoms with Crippen molar-refractivity contribution in [3.63, 3.8) is 0 Å². The highest BCUT2D eigenvalue weighted by Crippen LogP contribution is 2.25. The molecule has 5 rings (SSSR count). The van der Waals surface area contributed by atoms with Crippen LogP contribution in [0.15, 0.2) is 29.3 Å². The number of rotatable bonds is 9. The van der Waals surface area contributed by atoms with Crippen LogP contribution in [0.5, 0.6) is 0 Å². The van der Waals surface area contributed by atoms with Gasteiger partial charge >= 0.3 is 0 Å². The second-order valence-electron chi connectivity index (χ2n) is 12.5. The van der Waals surface area contributed by atoms with Gasteiger partial charge in [0.2, 0.25) is 0 Å². The van der Waals surface area contributed by atoms with E-state index in [0.717, 1.165) is 0 Å². The van der Waals surface area contributed by atoms with E-state index in [0.29, 0.717) is 69.4 Å². The molecule has 2 aromatic heterocycles. The van der Waals surface area contributed by atoms with Crippen molar-refractivity contribution < 1.29 is 19.2 Å². The van der Waals surface area contributed by atoms with Crippen LogP contribution in [0.25, 0.3) is 0 Å². The van der Waals surface area contributed by atoms with Gasteiger partial charge in [0.1, 0.15) is 0 Å². The lowest BCUT2D eigenvalue weighted by Crippen LogP contribution is -2.42. The molecule has 2 saturated heterocycles. The number of nitrogens with two attached hydrogens (primary N) is 5. The highest BCUT2D eigenvalue weighted by atomic mass is 35.5. The number of benzene rings is 1. The number of hydrogen-bond acceptors (Lipinski definition) is 14. The van der Waals surface area contributed by atoms with Crippen molar-refractivity contribution in [1.29, 1.82) is 5.41 Å². The molecule has 52 heavy (non-hydrogen) atoms. The number of anilines is 4. The summed E-state index contributed by atoms with van der Waals surface area (Å²) in [6, 6.07) is 6.34. The van der Waals surface area contributed by atoms with Gasteiger partial charge in [0, 0.05) is 43.0 Å². The van der Waals surface area contributed by atoms with Gasteiger partial charge in [-0.1, -0.05) is 23.2 Å². The van der Waals surface area contributed by atoms with Gasteiger partial charge < -0.3 is 43.9 Å². The van der Waals surface area contributed by atoms with Crippen molar-refractivity contribution >= 4 is 81.6 Å². The molecule has 20 heteroatoms. The number of halogens is 2. The third-order valence-corrected chi connectivity index (χ3v) is 9.35. The number of hydrogen-bond donors (Lipinski definition) is 7. The molecule has 0 bridgehead atoms. The molecule has 0 aliphatic carbocycles. The van der Waals surface area contributed by atoms with E-state index in [1.165, 1.54) is 0 Å². The van der Waals surface area contributed by atoms with Crippen LogP contribution in [-0.2, 0) is 0 Å². The van der Waals surface area contributed by atoms with Gasteiger partial charge in [-0.2, -0.15) is 0 Å². The van der Waals surface area contributed by atoms with Crippen molar-refractivity contribution in [1.82, 2.24) is 35.1 Å². The smallest absolute Gasteiger partial charge is 0.280 e. The number of amides is 3. The van der Waals surface area contributed by atoms with E-state index in [-0.39, 0.29) is 86.8 Å². The lowest BCUT2D eigenvalue weighted by molar-refractivity contribution is 0.0687. The number of likely N-dealkylation sites (tertiary alicyclic amines) is 2. The molecule has 0 saturated carbocycles. The fraction of sp³-hybridized carbons (Fsp3) is 0.375. The topological polar surface area (TPSA) is 305 Å². The Morgan fingerprint density at radius 3 is 1.73 bits per heavy atom. The van der Waals surface area contributed by atoms with Gasteiger partial charge in [-0.25, -0.2) is 24.9 Å². The summed E-state index contributed by atoms with van der Waals surface area (Å²) in [5.41, 5.74) is 29.3. The monoisotopic (exact) mass is 752 g/mol. The lowest BCUT2D eigenvalue weighted by atomic mass is 9.89. The number of carbonyl (C=O) groups excluding carboxylic acids is 4. The van der Waals surface area contributed by atoms with Gasteiger partial charge in [0.15, 0.2) is 56.7 Å². The summed E-state index contributed by atoms with van der Waals surface area (Å²) >= 11 is 11.7. The summed E-state index contributed by atoms with van der Waals surface area (Å²) in [6.07, 6.45) is 2.61. The minimum Gasteiger partial charge on any atom is -0.382 e. The van der Waals surface area contributed by atoms with Gasteiger partial charge in [-0.15, -0.1) is 0 Å². The molecule has 12 N–H and O–H groups in total.